The van der Waals surface area contributed by atoms with E-state index < -0.39 is 0 Å². The van der Waals surface area contributed by atoms with Crippen molar-refractivity contribution < 1.29 is 9.90 Å². The van der Waals surface area contributed by atoms with Gasteiger partial charge in [0.1, 0.15) is 5.75 Å². The average Bonchev–Trinajstić information content (AvgIpc) is 2.30. The number of nitrogens with one attached hydrogen (secondary N) is 2. The second kappa shape index (κ2) is 6.47. The van der Waals surface area contributed by atoms with Crippen LogP contribution in [0.25, 0.3) is 0 Å². The Morgan fingerprint density at radius 3 is 2.88 bits per heavy atom. The quantitative estimate of drug-likeness (QED) is 0.757. The van der Waals surface area contributed by atoms with Gasteiger partial charge in [0.15, 0.2) is 0 Å². The zero-order chi connectivity index (χ0) is 11.4. The molecule has 0 radical (unpaired) electrons. The Labute approximate surface area is 107 Å². The van der Waals surface area contributed by atoms with Gasteiger partial charge in [-0.2, -0.15) is 0 Å². The van der Waals surface area contributed by atoms with Crippen LogP contribution in [0.3, 0.4) is 0 Å². The highest BCUT2D eigenvalue weighted by atomic mass is 35.5. The van der Waals surface area contributed by atoms with Gasteiger partial charge in [-0.1, -0.05) is 12.5 Å². The van der Waals surface area contributed by atoms with Gasteiger partial charge < -0.3 is 15.7 Å². The molecule has 4 nitrogen and oxygen atoms in total. The van der Waals surface area contributed by atoms with Crippen molar-refractivity contribution in [3.8, 4) is 5.75 Å². The van der Waals surface area contributed by atoms with E-state index in [0.29, 0.717) is 5.69 Å². The van der Waals surface area contributed by atoms with E-state index in [0.717, 1.165) is 25.8 Å². The molecule has 0 aliphatic carbocycles. The predicted octanol–water partition coefficient (Wildman–Crippen LogP) is 1.89. The summed E-state index contributed by atoms with van der Waals surface area (Å²) < 4.78 is 0. The highest BCUT2D eigenvalue weighted by Crippen LogP contribution is 2.16. The van der Waals surface area contributed by atoms with E-state index in [2.05, 4.69) is 10.6 Å². The standard InChI is InChI=1S/C12H16N2O2.ClH/c15-10-5-3-4-9(8-10)14-12(16)11-6-1-2-7-13-11;/h3-5,8,11,13,15H,1-2,6-7H2,(H,14,16);1H/t11-;/m1./s1. The molecule has 0 unspecified atom stereocenters. The Kier molecular flexibility index (Phi) is 5.25. The van der Waals surface area contributed by atoms with Crippen molar-refractivity contribution in [2.45, 2.75) is 25.3 Å². The molecule has 0 spiro atoms. The van der Waals surface area contributed by atoms with Gasteiger partial charge in [0.25, 0.3) is 0 Å². The average molecular weight is 257 g/mol. The van der Waals surface area contributed by atoms with Crippen molar-refractivity contribution in [1.29, 1.82) is 0 Å². The van der Waals surface area contributed by atoms with Gasteiger partial charge in [0.05, 0.1) is 6.04 Å². The summed E-state index contributed by atoms with van der Waals surface area (Å²) >= 11 is 0. The summed E-state index contributed by atoms with van der Waals surface area (Å²) in [5.41, 5.74) is 0.636. The van der Waals surface area contributed by atoms with Gasteiger partial charge in [0, 0.05) is 11.8 Å². The molecule has 1 heterocycles. The molecule has 0 bridgehead atoms. The molecular weight excluding hydrogens is 240 g/mol. The van der Waals surface area contributed by atoms with Gasteiger partial charge in [-0.3, -0.25) is 4.79 Å². The van der Waals surface area contributed by atoms with Crippen molar-refractivity contribution in [2.24, 2.45) is 0 Å². The summed E-state index contributed by atoms with van der Waals surface area (Å²) in [4.78, 5) is 11.8. The third-order valence-electron chi connectivity index (χ3n) is 2.74. The number of halogens is 1. The molecule has 1 fully saturated rings. The summed E-state index contributed by atoms with van der Waals surface area (Å²) in [6.45, 7) is 0.901. The summed E-state index contributed by atoms with van der Waals surface area (Å²) in [5.74, 6) is 0.139. The van der Waals surface area contributed by atoms with Crippen LogP contribution in [-0.4, -0.2) is 23.6 Å². The lowest BCUT2D eigenvalue weighted by molar-refractivity contribution is -0.118. The van der Waals surface area contributed by atoms with Crippen molar-refractivity contribution in [2.75, 3.05) is 11.9 Å². The second-order valence-electron chi connectivity index (χ2n) is 4.04. The van der Waals surface area contributed by atoms with Crippen LogP contribution >= 0.6 is 12.4 Å². The molecule has 1 aliphatic heterocycles. The summed E-state index contributed by atoms with van der Waals surface area (Å²) in [6, 6.07) is 6.49. The van der Waals surface area contributed by atoms with E-state index in [9.17, 15) is 9.90 Å². The maximum absolute atomic E-state index is 11.8. The van der Waals surface area contributed by atoms with Gasteiger partial charge in [-0.25, -0.2) is 0 Å². The minimum atomic E-state index is -0.101. The number of amides is 1. The molecule has 5 heteroatoms. The third kappa shape index (κ3) is 3.91. The Morgan fingerprint density at radius 2 is 2.24 bits per heavy atom. The van der Waals surface area contributed by atoms with Gasteiger partial charge >= 0.3 is 0 Å². The molecule has 0 aromatic heterocycles. The molecule has 0 saturated carbocycles. The topological polar surface area (TPSA) is 61.4 Å². The molecule has 2 rings (SSSR count). The van der Waals surface area contributed by atoms with Crippen LogP contribution in [-0.2, 0) is 4.79 Å². The van der Waals surface area contributed by atoms with Gasteiger partial charge in [0.2, 0.25) is 5.91 Å². The molecule has 1 aromatic carbocycles. The Bertz CT molecular complexity index is 379. The number of hydrogen-bond acceptors (Lipinski definition) is 3. The lowest BCUT2D eigenvalue weighted by Crippen LogP contribution is -2.43. The summed E-state index contributed by atoms with van der Waals surface area (Å²) in [7, 11) is 0. The van der Waals surface area contributed by atoms with Crippen LogP contribution in [0, 0.1) is 0 Å². The fourth-order valence-electron chi connectivity index (χ4n) is 1.89. The summed E-state index contributed by atoms with van der Waals surface area (Å²) in [5, 5.41) is 15.2. The lowest BCUT2D eigenvalue weighted by atomic mass is 10.0. The maximum Gasteiger partial charge on any atom is 0.241 e. The maximum atomic E-state index is 11.8. The predicted molar refractivity (Wildman–Crippen MR) is 69.6 cm³/mol. The van der Waals surface area contributed by atoms with Crippen LogP contribution < -0.4 is 10.6 Å². The smallest absolute Gasteiger partial charge is 0.241 e. The highest BCUT2D eigenvalue weighted by molar-refractivity contribution is 5.95. The minimum absolute atomic E-state index is 0. The van der Waals surface area contributed by atoms with Crippen molar-refractivity contribution in [1.82, 2.24) is 5.32 Å². The van der Waals surface area contributed by atoms with Crippen LogP contribution in [0.4, 0.5) is 5.69 Å². The second-order valence-corrected chi connectivity index (χ2v) is 4.04. The van der Waals surface area contributed by atoms with Crippen LogP contribution in [0.15, 0.2) is 24.3 Å². The first-order chi connectivity index (χ1) is 7.75. The highest BCUT2D eigenvalue weighted by Gasteiger charge is 2.20. The number of carbonyl (C=O) groups excluding carboxylic acids is 1. The van der Waals surface area contributed by atoms with E-state index in [1.807, 2.05) is 0 Å². The number of anilines is 1. The fraction of sp³-hybridized carbons (Fsp3) is 0.417. The normalized spacial score (nSPS) is 19.2. The van der Waals surface area contributed by atoms with Crippen molar-refractivity contribution in [3.63, 3.8) is 0 Å². The zero-order valence-corrected chi connectivity index (χ0v) is 10.3. The number of hydrogen-bond donors (Lipinski definition) is 3. The SMILES string of the molecule is Cl.O=C(Nc1cccc(O)c1)[C@H]1CCCCN1. The molecule has 1 saturated heterocycles. The molecule has 1 aliphatic rings. The number of phenolic OH excluding ortho intramolecular Hbond substituents is 1. The zero-order valence-electron chi connectivity index (χ0n) is 9.48. The first-order valence-corrected chi connectivity index (χ1v) is 5.59. The Hall–Kier alpha value is -1.26. The van der Waals surface area contributed by atoms with E-state index in [4.69, 9.17) is 0 Å². The summed E-state index contributed by atoms with van der Waals surface area (Å²) in [6.07, 6.45) is 3.10. The van der Waals surface area contributed by atoms with E-state index in [1.165, 1.54) is 0 Å². The number of benzene rings is 1. The molecule has 1 aromatic rings. The molecule has 1 amide bonds. The van der Waals surface area contributed by atoms with E-state index in [1.54, 1.807) is 24.3 Å². The van der Waals surface area contributed by atoms with Crippen molar-refractivity contribution >= 4 is 24.0 Å². The lowest BCUT2D eigenvalue weighted by Gasteiger charge is -2.22. The first-order valence-electron chi connectivity index (χ1n) is 5.59. The van der Waals surface area contributed by atoms with E-state index >= 15 is 0 Å². The van der Waals surface area contributed by atoms with E-state index in [-0.39, 0.29) is 30.1 Å². The monoisotopic (exact) mass is 256 g/mol. The number of carbonyl (C=O) groups is 1. The minimum Gasteiger partial charge on any atom is -0.508 e. The fourth-order valence-corrected chi connectivity index (χ4v) is 1.89. The number of rotatable bonds is 2. The van der Waals surface area contributed by atoms with Crippen LogP contribution in [0.1, 0.15) is 19.3 Å². The molecular formula is C12H17ClN2O2. The molecule has 3 N–H and O–H groups in total. The Morgan fingerprint density at radius 1 is 1.41 bits per heavy atom. The van der Waals surface area contributed by atoms with Crippen molar-refractivity contribution in [3.05, 3.63) is 24.3 Å². The first kappa shape index (κ1) is 13.8. The van der Waals surface area contributed by atoms with Crippen LogP contribution in [0.5, 0.6) is 5.75 Å². The number of piperidine rings is 1. The van der Waals surface area contributed by atoms with Crippen LogP contribution in [0.2, 0.25) is 0 Å². The number of aromatic hydroxyl groups is 1. The molecule has 94 valence electrons. The number of phenols is 1. The van der Waals surface area contributed by atoms with Gasteiger partial charge in [-0.05, 0) is 31.5 Å². The molecule has 17 heavy (non-hydrogen) atoms. The molecule has 1 atom stereocenters. The largest absolute Gasteiger partial charge is 0.508 e. The van der Waals surface area contributed by atoms with Gasteiger partial charge in [-0.15, -0.1) is 12.4 Å². The third-order valence-corrected chi connectivity index (χ3v) is 2.74. The Balaban J connectivity index is 0.00000144.